The van der Waals surface area contributed by atoms with Crippen molar-refractivity contribution < 1.29 is 9.18 Å². The summed E-state index contributed by atoms with van der Waals surface area (Å²) in [4.78, 5) is 17.1. The molecule has 1 saturated heterocycles. The average Bonchev–Trinajstić information content (AvgIpc) is 3.16. The number of amides is 1. The summed E-state index contributed by atoms with van der Waals surface area (Å²) in [5, 5.41) is 3.71. The minimum Gasteiger partial charge on any atom is -0.318 e. The fourth-order valence-electron chi connectivity index (χ4n) is 3.22. The highest BCUT2D eigenvalue weighted by Gasteiger charge is 2.25. The molecule has 0 unspecified atom stereocenters. The number of para-hydroxylation sites is 1. The largest absolute Gasteiger partial charge is 0.318 e. The number of halogens is 2. The third-order valence-corrected chi connectivity index (χ3v) is 5.69. The Balaban J connectivity index is 1.66. The van der Waals surface area contributed by atoms with Crippen LogP contribution in [0.25, 0.3) is 11.8 Å². The smallest absolute Gasteiger partial charge is 0.264 e. The zero-order valence-corrected chi connectivity index (χ0v) is 17.3. The Morgan fingerprint density at radius 1 is 1.14 bits per heavy atom. The van der Waals surface area contributed by atoms with Crippen molar-refractivity contribution in [2.45, 2.75) is 13.8 Å². The highest BCUT2D eigenvalue weighted by Crippen LogP contribution is 2.31. The molecule has 0 bridgehead atoms. The number of aryl methyl sites for hydroxylation is 1. The fraction of sp³-hybridized carbons (Fsp3) is 0.0909. The number of aliphatic imine (C=N–C) groups is 1. The first-order valence-corrected chi connectivity index (χ1v) is 10.1. The molecule has 1 amide bonds. The van der Waals surface area contributed by atoms with Gasteiger partial charge in [-0.3, -0.25) is 4.79 Å². The molecule has 0 aliphatic carbocycles. The van der Waals surface area contributed by atoms with Gasteiger partial charge in [0.25, 0.3) is 5.91 Å². The van der Waals surface area contributed by atoms with E-state index in [9.17, 15) is 9.18 Å². The lowest BCUT2D eigenvalue weighted by molar-refractivity contribution is -0.115. The lowest BCUT2D eigenvalue weighted by atomic mass is 10.2. The standard InChI is InChI=1S/C22H17ClFN3OS/c1-13-10-15(14(2)27(13)17-7-5-6-16(23)12-17)11-20-21(28)26-22(29-20)25-19-9-4-3-8-18(19)24/h3-12H,1-2H3,(H,25,26,28)/b20-11-. The molecule has 0 atom stereocenters. The molecule has 4 nitrogen and oxygen atoms in total. The Bertz CT molecular complexity index is 1180. The van der Waals surface area contributed by atoms with E-state index in [1.165, 1.54) is 17.8 Å². The van der Waals surface area contributed by atoms with Gasteiger partial charge in [0.1, 0.15) is 11.5 Å². The summed E-state index contributed by atoms with van der Waals surface area (Å²) < 4.78 is 15.9. The number of benzene rings is 2. The van der Waals surface area contributed by atoms with Crippen molar-refractivity contribution in [3.05, 3.63) is 87.3 Å². The molecule has 0 saturated carbocycles. The summed E-state index contributed by atoms with van der Waals surface area (Å²) in [5.74, 6) is -0.685. The summed E-state index contributed by atoms with van der Waals surface area (Å²) in [6, 6.07) is 15.8. The van der Waals surface area contributed by atoms with Crippen molar-refractivity contribution in [1.29, 1.82) is 0 Å². The van der Waals surface area contributed by atoms with Crippen LogP contribution >= 0.6 is 23.4 Å². The highest BCUT2D eigenvalue weighted by molar-refractivity contribution is 8.18. The van der Waals surface area contributed by atoms with Gasteiger partial charge in [-0.15, -0.1) is 0 Å². The van der Waals surface area contributed by atoms with E-state index in [1.807, 2.05) is 50.3 Å². The third kappa shape index (κ3) is 3.99. The Kier molecular flexibility index (Phi) is 5.30. The van der Waals surface area contributed by atoms with E-state index in [1.54, 1.807) is 18.2 Å². The highest BCUT2D eigenvalue weighted by atomic mass is 35.5. The Morgan fingerprint density at radius 2 is 1.93 bits per heavy atom. The summed E-state index contributed by atoms with van der Waals surface area (Å²) in [6.45, 7) is 4.00. The maximum absolute atomic E-state index is 13.8. The van der Waals surface area contributed by atoms with Crippen molar-refractivity contribution in [3.63, 3.8) is 0 Å². The molecule has 2 aromatic carbocycles. The summed E-state index contributed by atoms with van der Waals surface area (Å²) in [5.41, 5.74) is 4.09. The average molecular weight is 426 g/mol. The molecule has 1 fully saturated rings. The second-order valence-corrected chi connectivity index (χ2v) is 8.04. The van der Waals surface area contributed by atoms with E-state index in [0.717, 1.165) is 22.6 Å². The molecule has 7 heteroatoms. The van der Waals surface area contributed by atoms with Crippen LogP contribution < -0.4 is 5.32 Å². The van der Waals surface area contributed by atoms with Crippen molar-refractivity contribution >= 4 is 46.2 Å². The number of nitrogens with one attached hydrogen (secondary N) is 1. The van der Waals surface area contributed by atoms with Crippen LogP contribution in [0.5, 0.6) is 0 Å². The number of thioether (sulfide) groups is 1. The van der Waals surface area contributed by atoms with Gasteiger partial charge >= 0.3 is 0 Å². The SMILES string of the molecule is Cc1cc(/C=C2\SC(=Nc3ccccc3F)NC2=O)c(C)n1-c1cccc(Cl)c1. The molecule has 29 heavy (non-hydrogen) atoms. The predicted molar refractivity (Wildman–Crippen MR) is 117 cm³/mol. The van der Waals surface area contributed by atoms with Gasteiger partial charge in [-0.1, -0.05) is 29.8 Å². The van der Waals surface area contributed by atoms with Gasteiger partial charge in [0, 0.05) is 22.1 Å². The van der Waals surface area contributed by atoms with Crippen LogP contribution in [-0.2, 0) is 4.79 Å². The van der Waals surface area contributed by atoms with Gasteiger partial charge in [-0.2, -0.15) is 0 Å². The van der Waals surface area contributed by atoms with Gasteiger partial charge < -0.3 is 9.88 Å². The number of nitrogens with zero attached hydrogens (tertiary/aromatic N) is 2. The molecular weight excluding hydrogens is 409 g/mol. The van der Waals surface area contributed by atoms with Gasteiger partial charge in [0.05, 0.1) is 4.91 Å². The van der Waals surface area contributed by atoms with Crippen molar-refractivity contribution in [2.24, 2.45) is 4.99 Å². The van der Waals surface area contributed by atoms with E-state index >= 15 is 0 Å². The minimum atomic E-state index is -0.433. The van der Waals surface area contributed by atoms with Crippen LogP contribution in [0.3, 0.4) is 0 Å². The number of carbonyl (C=O) groups is 1. The quantitative estimate of drug-likeness (QED) is 0.541. The molecule has 0 spiro atoms. The lowest BCUT2D eigenvalue weighted by Gasteiger charge is -2.09. The van der Waals surface area contributed by atoms with E-state index in [2.05, 4.69) is 14.9 Å². The maximum Gasteiger partial charge on any atom is 0.264 e. The molecule has 3 aromatic rings. The summed E-state index contributed by atoms with van der Waals surface area (Å²) >= 11 is 7.33. The molecule has 0 radical (unpaired) electrons. The Hall–Kier alpha value is -2.83. The monoisotopic (exact) mass is 425 g/mol. The van der Waals surface area contributed by atoms with Crippen molar-refractivity contribution in [3.8, 4) is 5.69 Å². The first kappa shape index (κ1) is 19.5. The van der Waals surface area contributed by atoms with Crippen molar-refractivity contribution in [1.82, 2.24) is 9.88 Å². The van der Waals surface area contributed by atoms with E-state index < -0.39 is 5.82 Å². The van der Waals surface area contributed by atoms with Crippen LogP contribution in [0.4, 0.5) is 10.1 Å². The number of hydrogen-bond donors (Lipinski definition) is 1. The molecule has 1 aliphatic rings. The van der Waals surface area contributed by atoms with Crippen LogP contribution in [0, 0.1) is 19.7 Å². The zero-order valence-electron chi connectivity index (χ0n) is 15.7. The zero-order chi connectivity index (χ0) is 20.5. The van der Waals surface area contributed by atoms with E-state index in [-0.39, 0.29) is 11.6 Å². The van der Waals surface area contributed by atoms with Crippen LogP contribution in [0.15, 0.2) is 64.5 Å². The van der Waals surface area contributed by atoms with Gasteiger partial charge in [-0.05, 0) is 73.6 Å². The molecule has 2 heterocycles. The van der Waals surface area contributed by atoms with E-state index in [0.29, 0.717) is 15.1 Å². The topological polar surface area (TPSA) is 46.4 Å². The molecular formula is C22H17ClFN3OS. The number of aromatic nitrogens is 1. The lowest BCUT2D eigenvalue weighted by Crippen LogP contribution is -2.19. The van der Waals surface area contributed by atoms with Gasteiger partial charge in [-0.25, -0.2) is 9.38 Å². The minimum absolute atomic E-state index is 0.190. The normalized spacial score (nSPS) is 16.6. The van der Waals surface area contributed by atoms with Crippen LogP contribution in [0.2, 0.25) is 5.02 Å². The fourth-order valence-corrected chi connectivity index (χ4v) is 4.23. The van der Waals surface area contributed by atoms with Gasteiger partial charge in [0.2, 0.25) is 0 Å². The van der Waals surface area contributed by atoms with Crippen molar-refractivity contribution in [2.75, 3.05) is 0 Å². The molecule has 1 N–H and O–H groups in total. The van der Waals surface area contributed by atoms with Crippen LogP contribution in [0.1, 0.15) is 17.0 Å². The first-order valence-electron chi connectivity index (χ1n) is 8.91. The third-order valence-electron chi connectivity index (χ3n) is 4.55. The first-order chi connectivity index (χ1) is 13.9. The number of amidine groups is 1. The van der Waals surface area contributed by atoms with Crippen LogP contribution in [-0.4, -0.2) is 15.6 Å². The Morgan fingerprint density at radius 3 is 2.69 bits per heavy atom. The van der Waals surface area contributed by atoms with Gasteiger partial charge in [0.15, 0.2) is 5.17 Å². The molecule has 1 aliphatic heterocycles. The molecule has 4 rings (SSSR count). The summed E-state index contributed by atoms with van der Waals surface area (Å²) in [6.07, 6.45) is 1.83. The second-order valence-electron chi connectivity index (χ2n) is 6.57. The maximum atomic E-state index is 13.8. The van der Waals surface area contributed by atoms with E-state index in [4.69, 9.17) is 11.6 Å². The Labute approximate surface area is 177 Å². The summed E-state index contributed by atoms with van der Waals surface area (Å²) in [7, 11) is 0. The number of carbonyl (C=O) groups excluding carboxylic acids is 1. The molecule has 146 valence electrons. The molecule has 1 aromatic heterocycles. The predicted octanol–water partition coefficient (Wildman–Crippen LogP) is 5.78. The number of hydrogen-bond acceptors (Lipinski definition) is 3. The number of rotatable bonds is 3. The second kappa shape index (κ2) is 7.89.